The lowest BCUT2D eigenvalue weighted by molar-refractivity contribution is 0.627. The number of hydrogen-bond acceptors (Lipinski definition) is 1. The molecular weight excluding hydrogens is 193 g/mol. The highest BCUT2D eigenvalue weighted by atomic mass is 35.5. The van der Waals surface area contributed by atoms with E-state index in [2.05, 4.69) is 4.99 Å². The molecule has 0 atom stereocenters. The fourth-order valence-corrected chi connectivity index (χ4v) is 1.02. The van der Waals surface area contributed by atoms with E-state index in [0.717, 1.165) is 5.56 Å². The SMILES string of the molecule is NC(N)=NCc1ccc(F)c(Cl)c1. The molecule has 0 spiro atoms. The first-order valence-corrected chi connectivity index (χ1v) is 3.96. The quantitative estimate of drug-likeness (QED) is 0.559. The summed E-state index contributed by atoms with van der Waals surface area (Å²) in [6.45, 7) is 0.308. The highest BCUT2D eigenvalue weighted by Gasteiger charge is 1.99. The van der Waals surface area contributed by atoms with Crippen molar-refractivity contribution < 1.29 is 4.39 Å². The zero-order chi connectivity index (χ0) is 9.84. The molecule has 1 rings (SSSR count). The van der Waals surface area contributed by atoms with Gasteiger partial charge in [0, 0.05) is 0 Å². The topological polar surface area (TPSA) is 64.4 Å². The van der Waals surface area contributed by atoms with Gasteiger partial charge in [0.2, 0.25) is 0 Å². The van der Waals surface area contributed by atoms with Crippen molar-refractivity contribution in [1.82, 2.24) is 0 Å². The van der Waals surface area contributed by atoms with Gasteiger partial charge in [-0.3, -0.25) is 0 Å². The first kappa shape index (κ1) is 9.80. The van der Waals surface area contributed by atoms with Crippen molar-refractivity contribution in [3.05, 3.63) is 34.6 Å². The van der Waals surface area contributed by atoms with E-state index in [4.69, 9.17) is 23.1 Å². The van der Waals surface area contributed by atoms with Crippen molar-refractivity contribution in [3.8, 4) is 0 Å². The minimum Gasteiger partial charge on any atom is -0.370 e. The molecule has 0 aliphatic carbocycles. The summed E-state index contributed by atoms with van der Waals surface area (Å²) in [6.07, 6.45) is 0. The molecule has 5 heteroatoms. The minimum absolute atomic E-state index is 0.000414. The maximum Gasteiger partial charge on any atom is 0.186 e. The van der Waals surface area contributed by atoms with E-state index < -0.39 is 5.82 Å². The van der Waals surface area contributed by atoms with Gasteiger partial charge < -0.3 is 11.5 Å². The standard InChI is InChI=1S/C8H9ClFN3/c9-6-3-5(1-2-7(6)10)4-13-8(11)12/h1-3H,4H2,(H4,11,12,13). The van der Waals surface area contributed by atoms with E-state index in [1.54, 1.807) is 6.07 Å². The first-order valence-electron chi connectivity index (χ1n) is 3.59. The average molecular weight is 202 g/mol. The van der Waals surface area contributed by atoms with E-state index in [1.807, 2.05) is 0 Å². The Bertz CT molecular complexity index is 334. The zero-order valence-electron chi connectivity index (χ0n) is 6.80. The second-order valence-electron chi connectivity index (χ2n) is 2.49. The van der Waals surface area contributed by atoms with Gasteiger partial charge in [-0.2, -0.15) is 0 Å². The number of nitrogens with two attached hydrogens (primary N) is 2. The van der Waals surface area contributed by atoms with Gasteiger partial charge in [0.15, 0.2) is 5.96 Å². The van der Waals surface area contributed by atoms with Crippen LogP contribution in [0.3, 0.4) is 0 Å². The molecule has 0 heterocycles. The molecule has 70 valence electrons. The van der Waals surface area contributed by atoms with Gasteiger partial charge in [-0.1, -0.05) is 17.7 Å². The molecule has 0 saturated heterocycles. The van der Waals surface area contributed by atoms with Gasteiger partial charge in [0.25, 0.3) is 0 Å². The number of aliphatic imine (C=N–C) groups is 1. The van der Waals surface area contributed by atoms with Crippen LogP contribution in [-0.4, -0.2) is 5.96 Å². The van der Waals surface area contributed by atoms with E-state index in [-0.39, 0.29) is 11.0 Å². The Hall–Kier alpha value is -1.29. The third kappa shape index (κ3) is 2.91. The summed E-state index contributed by atoms with van der Waals surface area (Å²) in [4.78, 5) is 3.76. The molecule has 0 aromatic heterocycles. The van der Waals surface area contributed by atoms with Crippen LogP contribution >= 0.6 is 11.6 Å². The molecule has 0 saturated carbocycles. The predicted octanol–water partition coefficient (Wildman–Crippen LogP) is 1.25. The summed E-state index contributed by atoms with van der Waals surface area (Å²) < 4.78 is 12.7. The van der Waals surface area contributed by atoms with Gasteiger partial charge in [0.1, 0.15) is 5.82 Å². The van der Waals surface area contributed by atoms with Crippen LogP contribution in [0.5, 0.6) is 0 Å². The zero-order valence-corrected chi connectivity index (χ0v) is 7.55. The molecule has 1 aromatic carbocycles. The van der Waals surface area contributed by atoms with Crippen LogP contribution in [0.4, 0.5) is 4.39 Å². The van der Waals surface area contributed by atoms with Crippen LogP contribution in [-0.2, 0) is 6.54 Å². The van der Waals surface area contributed by atoms with E-state index in [9.17, 15) is 4.39 Å². The molecule has 4 N–H and O–H groups in total. The van der Waals surface area contributed by atoms with Crippen molar-refractivity contribution in [2.75, 3.05) is 0 Å². The summed E-state index contributed by atoms with van der Waals surface area (Å²) in [5.74, 6) is -0.449. The van der Waals surface area contributed by atoms with Gasteiger partial charge in [-0.15, -0.1) is 0 Å². The Morgan fingerprint density at radius 3 is 2.69 bits per heavy atom. The summed E-state index contributed by atoms with van der Waals surface area (Å²) in [6, 6.07) is 4.34. The molecule has 0 radical (unpaired) electrons. The fourth-order valence-electron chi connectivity index (χ4n) is 0.821. The molecule has 0 amide bonds. The number of nitrogens with zero attached hydrogens (tertiary/aromatic N) is 1. The lowest BCUT2D eigenvalue weighted by Gasteiger charge is -1.98. The number of rotatable bonds is 2. The Labute approximate surface area is 80.2 Å². The molecule has 1 aromatic rings. The molecule has 0 aliphatic heterocycles. The van der Waals surface area contributed by atoms with E-state index in [0.29, 0.717) is 6.54 Å². The molecule has 0 aliphatic rings. The first-order chi connectivity index (χ1) is 6.09. The lowest BCUT2D eigenvalue weighted by Crippen LogP contribution is -2.22. The summed E-state index contributed by atoms with van der Waals surface area (Å²) in [5, 5.41) is 0.0725. The number of benzene rings is 1. The van der Waals surface area contributed by atoms with Crippen LogP contribution in [0.2, 0.25) is 5.02 Å². The summed E-state index contributed by atoms with van der Waals surface area (Å²) in [7, 11) is 0. The van der Waals surface area contributed by atoms with Gasteiger partial charge >= 0.3 is 0 Å². The Morgan fingerprint density at radius 1 is 1.46 bits per heavy atom. The number of halogens is 2. The minimum atomic E-state index is -0.449. The second-order valence-corrected chi connectivity index (χ2v) is 2.90. The highest BCUT2D eigenvalue weighted by molar-refractivity contribution is 6.30. The van der Waals surface area contributed by atoms with Crippen molar-refractivity contribution in [3.63, 3.8) is 0 Å². The maximum absolute atomic E-state index is 12.7. The predicted molar refractivity (Wildman–Crippen MR) is 50.9 cm³/mol. The van der Waals surface area contributed by atoms with Crippen LogP contribution < -0.4 is 11.5 Å². The molecule has 13 heavy (non-hydrogen) atoms. The van der Waals surface area contributed by atoms with Crippen molar-refractivity contribution in [2.24, 2.45) is 16.5 Å². The van der Waals surface area contributed by atoms with E-state index in [1.165, 1.54) is 12.1 Å². The normalized spacial score (nSPS) is 9.69. The van der Waals surface area contributed by atoms with Crippen LogP contribution in [0.25, 0.3) is 0 Å². The van der Waals surface area contributed by atoms with Gasteiger partial charge in [-0.05, 0) is 17.7 Å². The highest BCUT2D eigenvalue weighted by Crippen LogP contribution is 2.16. The van der Waals surface area contributed by atoms with Crippen LogP contribution in [0.1, 0.15) is 5.56 Å². The maximum atomic E-state index is 12.7. The number of hydrogen-bond donors (Lipinski definition) is 2. The second kappa shape index (κ2) is 4.09. The molecule has 0 bridgehead atoms. The molecule has 0 fully saturated rings. The van der Waals surface area contributed by atoms with Gasteiger partial charge in [0.05, 0.1) is 11.6 Å². The molecular formula is C8H9ClFN3. The Balaban J connectivity index is 2.80. The van der Waals surface area contributed by atoms with Crippen molar-refractivity contribution in [2.45, 2.75) is 6.54 Å². The average Bonchev–Trinajstić information content (AvgIpc) is 2.07. The van der Waals surface area contributed by atoms with E-state index >= 15 is 0 Å². The molecule has 3 nitrogen and oxygen atoms in total. The third-order valence-electron chi connectivity index (χ3n) is 1.43. The van der Waals surface area contributed by atoms with Crippen LogP contribution in [0, 0.1) is 5.82 Å². The largest absolute Gasteiger partial charge is 0.370 e. The van der Waals surface area contributed by atoms with Gasteiger partial charge in [-0.25, -0.2) is 9.38 Å². The smallest absolute Gasteiger partial charge is 0.186 e. The summed E-state index contributed by atoms with van der Waals surface area (Å²) in [5.41, 5.74) is 11.0. The van der Waals surface area contributed by atoms with Crippen molar-refractivity contribution in [1.29, 1.82) is 0 Å². The van der Waals surface area contributed by atoms with Crippen molar-refractivity contribution >= 4 is 17.6 Å². The molecule has 0 unspecified atom stereocenters. The monoisotopic (exact) mass is 201 g/mol. The summed E-state index contributed by atoms with van der Waals surface area (Å²) >= 11 is 5.54. The Kier molecular flexibility index (Phi) is 3.08. The number of guanidine groups is 1. The Morgan fingerprint density at radius 2 is 2.15 bits per heavy atom. The lowest BCUT2D eigenvalue weighted by atomic mass is 10.2. The fraction of sp³-hybridized carbons (Fsp3) is 0.125. The third-order valence-corrected chi connectivity index (χ3v) is 1.72. The van der Waals surface area contributed by atoms with Crippen LogP contribution in [0.15, 0.2) is 23.2 Å².